The maximum absolute atomic E-state index is 9.06. The zero-order valence-electron chi connectivity index (χ0n) is 8.37. The molecule has 1 aliphatic rings. The molecule has 1 aromatic carbocycles. The maximum Gasteiger partial charge on any atom is 0.0624 e. The van der Waals surface area contributed by atoms with E-state index in [0.29, 0.717) is 0 Å². The van der Waals surface area contributed by atoms with Gasteiger partial charge in [0.15, 0.2) is 0 Å². The number of aryl methyl sites for hydroxylation is 1. The van der Waals surface area contributed by atoms with Gasteiger partial charge in [-0.2, -0.15) is 0 Å². The minimum absolute atomic E-state index is 0.0381. The first-order valence-corrected chi connectivity index (χ1v) is 5.30. The third-order valence-corrected chi connectivity index (χ3v) is 3.03. The quantitative estimate of drug-likeness (QED) is 0.745. The van der Waals surface area contributed by atoms with Crippen molar-refractivity contribution < 1.29 is 5.11 Å². The monoisotopic (exact) mass is 191 g/mol. The van der Waals surface area contributed by atoms with Crippen molar-refractivity contribution >= 4 is 0 Å². The topological polar surface area (TPSA) is 46.2 Å². The van der Waals surface area contributed by atoms with Crippen LogP contribution >= 0.6 is 0 Å². The Morgan fingerprint density at radius 3 is 2.86 bits per heavy atom. The van der Waals surface area contributed by atoms with Crippen LogP contribution in [0.4, 0.5) is 0 Å². The zero-order valence-corrected chi connectivity index (χ0v) is 8.37. The molecule has 76 valence electrons. The highest BCUT2D eigenvalue weighted by Crippen LogP contribution is 2.27. The van der Waals surface area contributed by atoms with Crippen molar-refractivity contribution in [1.82, 2.24) is 0 Å². The number of rotatable bonds is 2. The molecule has 3 N–H and O–H groups in total. The summed E-state index contributed by atoms with van der Waals surface area (Å²) in [5.74, 6) is 0. The van der Waals surface area contributed by atoms with E-state index in [1.807, 2.05) is 6.07 Å². The van der Waals surface area contributed by atoms with Crippen LogP contribution in [0.15, 0.2) is 18.2 Å². The normalized spacial score (nSPS) is 17.6. The molecule has 1 aromatic rings. The average Bonchev–Trinajstić information content (AvgIpc) is 2.27. The Hall–Kier alpha value is -0.860. The van der Waals surface area contributed by atoms with E-state index in [1.54, 1.807) is 0 Å². The third kappa shape index (κ3) is 1.68. The molecule has 1 atom stereocenters. The molecule has 0 saturated carbocycles. The van der Waals surface area contributed by atoms with Gasteiger partial charge >= 0.3 is 0 Å². The molecule has 0 spiro atoms. The summed E-state index contributed by atoms with van der Waals surface area (Å²) in [5, 5.41) is 9.06. The Morgan fingerprint density at radius 1 is 1.29 bits per heavy atom. The van der Waals surface area contributed by atoms with Gasteiger partial charge < -0.3 is 10.8 Å². The second-order valence-corrected chi connectivity index (χ2v) is 3.98. The summed E-state index contributed by atoms with van der Waals surface area (Å²) in [6, 6.07) is 6.07. The molecule has 0 bridgehead atoms. The van der Waals surface area contributed by atoms with Crippen molar-refractivity contribution in [2.24, 2.45) is 5.73 Å². The van der Waals surface area contributed by atoms with Crippen molar-refractivity contribution in [3.8, 4) is 0 Å². The van der Waals surface area contributed by atoms with Gasteiger partial charge in [0.2, 0.25) is 0 Å². The Kier molecular flexibility index (Phi) is 2.85. The molecule has 0 aliphatic heterocycles. The molecule has 0 fully saturated rings. The average molecular weight is 191 g/mol. The largest absolute Gasteiger partial charge is 0.394 e. The number of hydrogen-bond donors (Lipinski definition) is 2. The fourth-order valence-corrected chi connectivity index (χ4v) is 2.26. The summed E-state index contributed by atoms with van der Waals surface area (Å²) in [6.07, 6.45) is 4.83. The van der Waals surface area contributed by atoms with E-state index in [0.717, 1.165) is 12.0 Å². The summed E-state index contributed by atoms with van der Waals surface area (Å²) in [7, 11) is 0. The highest BCUT2D eigenvalue weighted by molar-refractivity contribution is 5.38. The van der Waals surface area contributed by atoms with Gasteiger partial charge in [0, 0.05) is 0 Å². The maximum atomic E-state index is 9.06. The predicted molar refractivity (Wildman–Crippen MR) is 57.1 cm³/mol. The molecular formula is C12H17NO. The van der Waals surface area contributed by atoms with Crippen molar-refractivity contribution in [2.45, 2.75) is 31.7 Å². The Balaban J connectivity index is 2.39. The first-order valence-electron chi connectivity index (χ1n) is 5.30. The molecule has 0 heterocycles. The van der Waals surface area contributed by atoms with E-state index in [2.05, 4.69) is 12.1 Å². The summed E-state index contributed by atoms with van der Waals surface area (Å²) in [4.78, 5) is 0. The zero-order chi connectivity index (χ0) is 9.97. The van der Waals surface area contributed by atoms with Gasteiger partial charge in [0.25, 0.3) is 0 Å². The summed E-state index contributed by atoms with van der Waals surface area (Å²) in [6.45, 7) is 0.0381. The second-order valence-electron chi connectivity index (χ2n) is 3.98. The van der Waals surface area contributed by atoms with Crippen LogP contribution < -0.4 is 5.73 Å². The van der Waals surface area contributed by atoms with Gasteiger partial charge in [-0.15, -0.1) is 0 Å². The summed E-state index contributed by atoms with van der Waals surface area (Å²) in [5.41, 5.74) is 9.83. The van der Waals surface area contributed by atoms with Gasteiger partial charge in [0.1, 0.15) is 0 Å². The molecule has 2 heteroatoms. The number of hydrogen-bond acceptors (Lipinski definition) is 2. The summed E-state index contributed by atoms with van der Waals surface area (Å²) < 4.78 is 0. The van der Waals surface area contributed by atoms with Gasteiger partial charge in [-0.25, -0.2) is 0 Å². The van der Waals surface area contributed by atoms with Gasteiger partial charge in [-0.1, -0.05) is 18.2 Å². The first-order chi connectivity index (χ1) is 6.83. The van der Waals surface area contributed by atoms with E-state index < -0.39 is 0 Å². The first kappa shape index (κ1) is 9.69. The number of aliphatic hydroxyl groups is 1. The lowest BCUT2D eigenvalue weighted by atomic mass is 9.86. The lowest BCUT2D eigenvalue weighted by Crippen LogP contribution is -2.18. The van der Waals surface area contributed by atoms with Crippen LogP contribution in [0.25, 0.3) is 0 Å². The lowest BCUT2D eigenvalue weighted by molar-refractivity contribution is 0.267. The van der Waals surface area contributed by atoms with Crippen LogP contribution in [0.2, 0.25) is 0 Å². The van der Waals surface area contributed by atoms with Crippen LogP contribution in [-0.4, -0.2) is 11.7 Å². The molecule has 0 amide bonds. The molecule has 14 heavy (non-hydrogen) atoms. The second kappa shape index (κ2) is 4.11. The number of aliphatic hydroxyl groups excluding tert-OH is 1. The van der Waals surface area contributed by atoms with E-state index >= 15 is 0 Å². The van der Waals surface area contributed by atoms with Crippen LogP contribution in [0.1, 0.15) is 35.6 Å². The number of fused-ring (bicyclic) bond motifs is 1. The number of nitrogens with two attached hydrogens (primary N) is 1. The van der Waals surface area contributed by atoms with Crippen molar-refractivity contribution in [1.29, 1.82) is 0 Å². The fraction of sp³-hybridized carbons (Fsp3) is 0.500. The summed E-state index contributed by atoms with van der Waals surface area (Å²) >= 11 is 0. The van der Waals surface area contributed by atoms with E-state index in [-0.39, 0.29) is 12.6 Å². The van der Waals surface area contributed by atoms with Crippen molar-refractivity contribution in [2.75, 3.05) is 6.61 Å². The molecule has 1 unspecified atom stereocenters. The molecule has 0 aromatic heterocycles. The van der Waals surface area contributed by atoms with Crippen LogP contribution in [0.5, 0.6) is 0 Å². The molecular weight excluding hydrogens is 174 g/mol. The number of benzene rings is 1. The smallest absolute Gasteiger partial charge is 0.0624 e. The van der Waals surface area contributed by atoms with Crippen LogP contribution in [-0.2, 0) is 12.8 Å². The Morgan fingerprint density at radius 2 is 2.07 bits per heavy atom. The van der Waals surface area contributed by atoms with Crippen molar-refractivity contribution in [3.63, 3.8) is 0 Å². The van der Waals surface area contributed by atoms with Crippen molar-refractivity contribution in [3.05, 3.63) is 34.9 Å². The highest BCUT2D eigenvalue weighted by Gasteiger charge is 2.15. The minimum Gasteiger partial charge on any atom is -0.394 e. The Labute approximate surface area is 84.7 Å². The Bertz CT molecular complexity index is 322. The fourth-order valence-electron chi connectivity index (χ4n) is 2.26. The molecule has 1 aliphatic carbocycles. The van der Waals surface area contributed by atoms with Gasteiger partial charge in [-0.3, -0.25) is 0 Å². The third-order valence-electron chi connectivity index (χ3n) is 3.03. The molecule has 2 rings (SSSR count). The van der Waals surface area contributed by atoms with E-state index in [9.17, 15) is 0 Å². The molecule has 0 radical (unpaired) electrons. The molecule has 0 saturated heterocycles. The van der Waals surface area contributed by atoms with Crippen LogP contribution in [0.3, 0.4) is 0 Å². The van der Waals surface area contributed by atoms with Gasteiger partial charge in [0.05, 0.1) is 12.6 Å². The predicted octanol–water partition coefficient (Wildman–Crippen LogP) is 1.56. The van der Waals surface area contributed by atoms with Gasteiger partial charge in [-0.05, 0) is 42.4 Å². The van der Waals surface area contributed by atoms with E-state index in [4.69, 9.17) is 10.8 Å². The lowest BCUT2D eigenvalue weighted by Gasteiger charge is -2.21. The standard InChI is InChI=1S/C12H17NO/c13-12(8-14)11-7-3-5-9-4-1-2-6-10(9)11/h3,5,7,12,14H,1-2,4,6,8,13H2. The molecule has 2 nitrogen and oxygen atoms in total. The van der Waals surface area contributed by atoms with Crippen LogP contribution in [0, 0.1) is 0 Å². The highest BCUT2D eigenvalue weighted by atomic mass is 16.3. The van der Waals surface area contributed by atoms with E-state index in [1.165, 1.54) is 30.4 Å². The minimum atomic E-state index is -0.206. The SMILES string of the molecule is NC(CO)c1cccc2c1CCCC2.